The molecule has 24 heavy (non-hydrogen) atoms. The van der Waals surface area contributed by atoms with Crippen molar-refractivity contribution in [1.82, 2.24) is 0 Å². The van der Waals surface area contributed by atoms with Gasteiger partial charge in [-0.25, -0.2) is 0 Å². The molecule has 126 valence electrons. The number of para-hydroxylation sites is 2. The molecule has 0 unspecified atom stereocenters. The van der Waals surface area contributed by atoms with Crippen LogP contribution in [0.15, 0.2) is 48.5 Å². The first-order valence-corrected chi connectivity index (χ1v) is 8.49. The molecule has 0 spiro atoms. The third-order valence-corrected chi connectivity index (χ3v) is 4.56. The highest BCUT2D eigenvalue weighted by Gasteiger charge is 2.20. The molecule has 0 aromatic heterocycles. The van der Waals surface area contributed by atoms with E-state index in [1.165, 1.54) is 0 Å². The van der Waals surface area contributed by atoms with E-state index in [4.69, 9.17) is 4.74 Å². The van der Waals surface area contributed by atoms with Crippen LogP contribution >= 0.6 is 0 Å². The van der Waals surface area contributed by atoms with Crippen molar-refractivity contribution in [1.29, 1.82) is 0 Å². The van der Waals surface area contributed by atoms with Crippen molar-refractivity contribution < 1.29 is 9.53 Å². The molecule has 1 heterocycles. The number of carbonyl (C=O) groups excluding carboxylic acids is 1. The molecular weight excluding hydrogens is 300 g/mol. The van der Waals surface area contributed by atoms with E-state index in [-0.39, 0.29) is 5.78 Å². The van der Waals surface area contributed by atoms with Crippen molar-refractivity contribution in [3.05, 3.63) is 54.1 Å². The van der Waals surface area contributed by atoms with Crippen molar-refractivity contribution in [2.75, 3.05) is 43.1 Å². The minimum atomic E-state index is 0.199. The van der Waals surface area contributed by atoms with Crippen molar-refractivity contribution in [2.24, 2.45) is 0 Å². The number of rotatable bonds is 5. The molecule has 0 saturated carbocycles. The Morgan fingerprint density at radius 2 is 1.71 bits per heavy atom. The van der Waals surface area contributed by atoms with Crippen LogP contribution in [0.25, 0.3) is 0 Å². The summed E-state index contributed by atoms with van der Waals surface area (Å²) in [6, 6.07) is 16.1. The molecule has 1 saturated heterocycles. The van der Waals surface area contributed by atoms with Crippen molar-refractivity contribution in [3.63, 3.8) is 0 Å². The van der Waals surface area contributed by atoms with Crippen LogP contribution in [0.3, 0.4) is 0 Å². The SMILES string of the molecule is CCC(=O)c1cccc(N2CCN(c3ccccc3OC)CC2)c1. The van der Waals surface area contributed by atoms with Crippen molar-refractivity contribution in [3.8, 4) is 5.75 Å². The number of anilines is 2. The predicted molar refractivity (Wildman–Crippen MR) is 98.5 cm³/mol. The number of Topliss-reactive ketones (excluding diaryl/α,β-unsaturated/α-hetero) is 1. The molecule has 0 atom stereocenters. The number of ketones is 1. The third kappa shape index (κ3) is 3.37. The molecule has 1 aliphatic heterocycles. The van der Waals surface area contributed by atoms with Gasteiger partial charge in [-0.1, -0.05) is 31.2 Å². The Balaban J connectivity index is 1.70. The van der Waals surface area contributed by atoms with E-state index in [0.717, 1.165) is 48.9 Å². The number of piperazine rings is 1. The van der Waals surface area contributed by atoms with Gasteiger partial charge in [-0.05, 0) is 24.3 Å². The van der Waals surface area contributed by atoms with Gasteiger partial charge in [0.05, 0.1) is 12.8 Å². The second-order valence-electron chi connectivity index (χ2n) is 5.97. The molecule has 0 amide bonds. The molecule has 4 heteroatoms. The Kier molecular flexibility index (Phi) is 5.04. The number of benzene rings is 2. The Bertz CT molecular complexity index is 706. The summed E-state index contributed by atoms with van der Waals surface area (Å²) in [5, 5.41) is 0. The van der Waals surface area contributed by atoms with E-state index < -0.39 is 0 Å². The molecule has 2 aromatic rings. The van der Waals surface area contributed by atoms with Crippen LogP contribution in [-0.2, 0) is 0 Å². The lowest BCUT2D eigenvalue weighted by Crippen LogP contribution is -2.46. The highest BCUT2D eigenvalue weighted by Crippen LogP contribution is 2.29. The highest BCUT2D eigenvalue weighted by atomic mass is 16.5. The summed E-state index contributed by atoms with van der Waals surface area (Å²) in [5.41, 5.74) is 3.09. The number of ether oxygens (including phenoxy) is 1. The van der Waals surface area contributed by atoms with Gasteiger partial charge < -0.3 is 14.5 Å². The quantitative estimate of drug-likeness (QED) is 0.787. The van der Waals surface area contributed by atoms with Gasteiger partial charge >= 0.3 is 0 Å². The molecule has 1 fully saturated rings. The normalized spacial score (nSPS) is 14.6. The largest absolute Gasteiger partial charge is 0.495 e. The fourth-order valence-electron chi connectivity index (χ4n) is 3.18. The van der Waals surface area contributed by atoms with Crippen LogP contribution in [0.2, 0.25) is 0 Å². The van der Waals surface area contributed by atoms with Crippen LogP contribution in [0.1, 0.15) is 23.7 Å². The number of carbonyl (C=O) groups is 1. The number of methoxy groups -OCH3 is 1. The minimum absolute atomic E-state index is 0.199. The zero-order valence-corrected chi connectivity index (χ0v) is 14.4. The average molecular weight is 324 g/mol. The fourth-order valence-corrected chi connectivity index (χ4v) is 3.18. The standard InChI is InChI=1S/C20H24N2O2/c1-3-19(23)16-7-6-8-17(15-16)21-11-13-22(14-12-21)18-9-4-5-10-20(18)24-2/h4-10,15H,3,11-14H2,1-2H3. The van der Waals surface area contributed by atoms with E-state index >= 15 is 0 Å². The van der Waals surface area contributed by atoms with Crippen LogP contribution in [0.5, 0.6) is 5.75 Å². The summed E-state index contributed by atoms with van der Waals surface area (Å²) < 4.78 is 5.47. The Morgan fingerprint density at radius 1 is 1.00 bits per heavy atom. The first-order valence-electron chi connectivity index (χ1n) is 8.49. The minimum Gasteiger partial charge on any atom is -0.495 e. The Morgan fingerprint density at radius 3 is 2.42 bits per heavy atom. The third-order valence-electron chi connectivity index (χ3n) is 4.56. The maximum atomic E-state index is 11.9. The zero-order valence-electron chi connectivity index (χ0n) is 14.4. The van der Waals surface area contributed by atoms with Crippen molar-refractivity contribution >= 4 is 17.2 Å². The molecule has 0 radical (unpaired) electrons. The van der Waals surface area contributed by atoms with Crippen LogP contribution in [0.4, 0.5) is 11.4 Å². The topological polar surface area (TPSA) is 32.8 Å². The van der Waals surface area contributed by atoms with E-state index in [1.54, 1.807) is 7.11 Å². The molecule has 0 bridgehead atoms. The first-order chi connectivity index (χ1) is 11.7. The molecule has 2 aromatic carbocycles. The summed E-state index contributed by atoms with van der Waals surface area (Å²) in [4.78, 5) is 16.6. The average Bonchev–Trinajstić information content (AvgIpc) is 2.67. The first kappa shape index (κ1) is 16.4. The van der Waals surface area contributed by atoms with Gasteiger partial charge in [0.25, 0.3) is 0 Å². The fraction of sp³-hybridized carbons (Fsp3) is 0.350. The van der Waals surface area contributed by atoms with Gasteiger partial charge in [0.15, 0.2) is 5.78 Å². The smallest absolute Gasteiger partial charge is 0.162 e. The summed E-state index contributed by atoms with van der Waals surface area (Å²) in [6.07, 6.45) is 0.547. The molecule has 4 nitrogen and oxygen atoms in total. The predicted octanol–water partition coefficient (Wildman–Crippen LogP) is 3.61. The van der Waals surface area contributed by atoms with Crippen molar-refractivity contribution in [2.45, 2.75) is 13.3 Å². The van der Waals surface area contributed by atoms with Crippen LogP contribution in [0, 0.1) is 0 Å². The Hall–Kier alpha value is -2.49. The zero-order chi connectivity index (χ0) is 16.9. The molecular formula is C20H24N2O2. The maximum absolute atomic E-state index is 11.9. The van der Waals surface area contributed by atoms with Gasteiger partial charge in [-0.2, -0.15) is 0 Å². The molecule has 0 N–H and O–H groups in total. The molecule has 1 aliphatic rings. The lowest BCUT2D eigenvalue weighted by Gasteiger charge is -2.38. The molecule has 3 rings (SSSR count). The number of hydrogen-bond acceptors (Lipinski definition) is 4. The molecule has 0 aliphatic carbocycles. The van der Waals surface area contributed by atoms with Gasteiger partial charge in [-0.3, -0.25) is 4.79 Å². The lowest BCUT2D eigenvalue weighted by atomic mass is 10.1. The van der Waals surface area contributed by atoms with E-state index in [2.05, 4.69) is 21.9 Å². The van der Waals surface area contributed by atoms with Gasteiger partial charge in [0, 0.05) is 43.9 Å². The van der Waals surface area contributed by atoms with Gasteiger partial charge in [0.2, 0.25) is 0 Å². The highest BCUT2D eigenvalue weighted by molar-refractivity contribution is 5.96. The van der Waals surface area contributed by atoms with Crippen LogP contribution < -0.4 is 14.5 Å². The Labute approximate surface area is 143 Å². The van der Waals surface area contributed by atoms with E-state index in [0.29, 0.717) is 6.42 Å². The summed E-state index contributed by atoms with van der Waals surface area (Å²) in [7, 11) is 1.71. The van der Waals surface area contributed by atoms with E-state index in [9.17, 15) is 4.79 Å². The summed E-state index contributed by atoms with van der Waals surface area (Å²) in [6.45, 7) is 5.64. The van der Waals surface area contributed by atoms with Crippen LogP contribution in [-0.4, -0.2) is 39.1 Å². The van der Waals surface area contributed by atoms with E-state index in [1.807, 2.05) is 43.3 Å². The maximum Gasteiger partial charge on any atom is 0.162 e. The summed E-state index contributed by atoms with van der Waals surface area (Å²) in [5.74, 6) is 1.12. The second kappa shape index (κ2) is 7.39. The van der Waals surface area contributed by atoms with Gasteiger partial charge in [0.1, 0.15) is 5.75 Å². The monoisotopic (exact) mass is 324 g/mol. The number of nitrogens with zero attached hydrogens (tertiary/aromatic N) is 2. The lowest BCUT2D eigenvalue weighted by molar-refractivity contribution is 0.0988. The second-order valence-corrected chi connectivity index (χ2v) is 5.97. The van der Waals surface area contributed by atoms with Gasteiger partial charge in [-0.15, -0.1) is 0 Å². The number of hydrogen-bond donors (Lipinski definition) is 0. The summed E-state index contributed by atoms with van der Waals surface area (Å²) >= 11 is 0.